The fraction of sp³-hybridized carbons (Fsp3) is 0.320. The van der Waals surface area contributed by atoms with Crippen LogP contribution < -0.4 is 14.5 Å². The van der Waals surface area contributed by atoms with Gasteiger partial charge in [-0.3, -0.25) is 9.59 Å². The van der Waals surface area contributed by atoms with Crippen molar-refractivity contribution < 1.29 is 23.8 Å². The second-order valence-corrected chi connectivity index (χ2v) is 7.66. The summed E-state index contributed by atoms with van der Waals surface area (Å²) in [5.74, 6) is 0.983. The van der Waals surface area contributed by atoms with Crippen molar-refractivity contribution in [2.24, 2.45) is 5.10 Å². The van der Waals surface area contributed by atoms with E-state index in [1.54, 1.807) is 49.3 Å². The third kappa shape index (κ3) is 4.75. The number of rotatable bonds is 6. The lowest BCUT2D eigenvalue weighted by Crippen LogP contribution is -2.40. The maximum Gasteiger partial charge on any atom is 0.280 e. The first kappa shape index (κ1) is 22.5. The normalized spacial score (nSPS) is 17.4. The molecule has 0 aromatic heterocycles. The van der Waals surface area contributed by atoms with Crippen molar-refractivity contribution in [3.63, 3.8) is 0 Å². The molecule has 0 bridgehead atoms. The molecule has 2 aliphatic rings. The van der Waals surface area contributed by atoms with Crippen molar-refractivity contribution in [2.45, 2.75) is 13.8 Å². The van der Waals surface area contributed by atoms with Crippen molar-refractivity contribution in [2.75, 3.05) is 45.0 Å². The van der Waals surface area contributed by atoms with Crippen molar-refractivity contribution in [3.05, 3.63) is 59.2 Å². The maximum absolute atomic E-state index is 13.1. The van der Waals surface area contributed by atoms with Gasteiger partial charge in [0.05, 0.1) is 43.9 Å². The SMILES string of the molecule is CCOc1ccc(/C=C2\C(=O)N(c3ccc(C(=O)N4CCOCC4)cc3)N=C2C)cc1OC. The van der Waals surface area contributed by atoms with E-state index in [9.17, 15) is 9.59 Å². The summed E-state index contributed by atoms with van der Waals surface area (Å²) in [7, 11) is 1.58. The number of benzene rings is 2. The number of hydrogen-bond donors (Lipinski definition) is 0. The first-order valence-corrected chi connectivity index (χ1v) is 10.9. The van der Waals surface area contributed by atoms with Crippen LogP contribution in [0.4, 0.5) is 5.69 Å². The third-order valence-corrected chi connectivity index (χ3v) is 5.52. The Morgan fingerprint density at radius 2 is 1.85 bits per heavy atom. The van der Waals surface area contributed by atoms with Gasteiger partial charge in [0.15, 0.2) is 11.5 Å². The van der Waals surface area contributed by atoms with Crippen LogP contribution in [-0.4, -0.2) is 62.4 Å². The van der Waals surface area contributed by atoms with Crippen molar-refractivity contribution >= 4 is 29.3 Å². The first-order valence-electron chi connectivity index (χ1n) is 10.9. The highest BCUT2D eigenvalue weighted by molar-refractivity contribution is 6.32. The number of morpholine rings is 1. The van der Waals surface area contributed by atoms with Gasteiger partial charge in [-0.05, 0) is 61.9 Å². The highest BCUT2D eigenvalue weighted by Crippen LogP contribution is 2.30. The molecule has 8 nitrogen and oxygen atoms in total. The average molecular weight is 450 g/mol. The highest BCUT2D eigenvalue weighted by Gasteiger charge is 2.29. The number of hydrogen-bond acceptors (Lipinski definition) is 6. The molecule has 0 unspecified atom stereocenters. The zero-order valence-electron chi connectivity index (χ0n) is 19.0. The smallest absolute Gasteiger partial charge is 0.280 e. The van der Waals surface area contributed by atoms with Crippen LogP contribution in [0.25, 0.3) is 6.08 Å². The number of carbonyl (C=O) groups excluding carboxylic acids is 2. The number of anilines is 1. The Morgan fingerprint density at radius 3 is 2.52 bits per heavy atom. The first-order chi connectivity index (χ1) is 16.0. The molecule has 1 saturated heterocycles. The fourth-order valence-electron chi connectivity index (χ4n) is 3.77. The predicted octanol–water partition coefficient (Wildman–Crippen LogP) is 3.37. The van der Waals surface area contributed by atoms with Crippen molar-refractivity contribution in [1.29, 1.82) is 0 Å². The van der Waals surface area contributed by atoms with Gasteiger partial charge in [0.2, 0.25) is 0 Å². The molecule has 1 fully saturated rings. The van der Waals surface area contributed by atoms with E-state index >= 15 is 0 Å². The molecule has 172 valence electrons. The van der Waals surface area contributed by atoms with Crippen LogP contribution in [0.3, 0.4) is 0 Å². The molecule has 8 heteroatoms. The average Bonchev–Trinajstić information content (AvgIpc) is 3.13. The summed E-state index contributed by atoms with van der Waals surface area (Å²) in [5, 5.41) is 5.79. The summed E-state index contributed by atoms with van der Waals surface area (Å²) in [5.41, 5.74) is 3.09. The largest absolute Gasteiger partial charge is 0.493 e. The summed E-state index contributed by atoms with van der Waals surface area (Å²) in [6, 6.07) is 12.5. The Balaban J connectivity index is 1.52. The summed E-state index contributed by atoms with van der Waals surface area (Å²) < 4.78 is 16.3. The van der Waals surface area contributed by atoms with Gasteiger partial charge >= 0.3 is 0 Å². The predicted molar refractivity (Wildman–Crippen MR) is 126 cm³/mol. The van der Waals surface area contributed by atoms with Crippen molar-refractivity contribution in [3.8, 4) is 11.5 Å². The molecule has 0 spiro atoms. The van der Waals surface area contributed by atoms with Gasteiger partial charge in [0.25, 0.3) is 11.8 Å². The van der Waals surface area contributed by atoms with E-state index in [2.05, 4.69) is 5.10 Å². The van der Waals surface area contributed by atoms with Gasteiger partial charge in [-0.1, -0.05) is 6.07 Å². The Kier molecular flexibility index (Phi) is 6.74. The molecule has 2 aliphatic heterocycles. The summed E-state index contributed by atoms with van der Waals surface area (Å²) in [4.78, 5) is 27.5. The van der Waals surface area contributed by atoms with Crippen LogP contribution in [0.15, 0.2) is 53.1 Å². The van der Waals surface area contributed by atoms with E-state index < -0.39 is 0 Å². The minimum Gasteiger partial charge on any atom is -0.493 e. The lowest BCUT2D eigenvalue weighted by atomic mass is 10.1. The molecule has 33 heavy (non-hydrogen) atoms. The number of carbonyl (C=O) groups is 2. The lowest BCUT2D eigenvalue weighted by molar-refractivity contribution is -0.114. The molecule has 2 heterocycles. The van der Waals surface area contributed by atoms with E-state index in [4.69, 9.17) is 14.2 Å². The summed E-state index contributed by atoms with van der Waals surface area (Å²) in [6.45, 7) is 6.51. The minimum atomic E-state index is -0.229. The van der Waals surface area contributed by atoms with E-state index in [1.165, 1.54) is 5.01 Å². The van der Waals surface area contributed by atoms with Crippen LogP contribution in [-0.2, 0) is 9.53 Å². The van der Waals surface area contributed by atoms with E-state index in [0.717, 1.165) is 5.56 Å². The molecule has 0 saturated carbocycles. The van der Waals surface area contributed by atoms with E-state index in [0.29, 0.717) is 66.9 Å². The fourth-order valence-corrected chi connectivity index (χ4v) is 3.77. The van der Waals surface area contributed by atoms with E-state index in [1.807, 2.05) is 25.1 Å². The van der Waals surface area contributed by atoms with E-state index in [-0.39, 0.29) is 11.8 Å². The third-order valence-electron chi connectivity index (χ3n) is 5.52. The summed E-state index contributed by atoms with van der Waals surface area (Å²) >= 11 is 0. The van der Waals surface area contributed by atoms with Crippen LogP contribution >= 0.6 is 0 Å². The molecule has 0 N–H and O–H groups in total. The Hall–Kier alpha value is -3.65. The molecular formula is C25H27N3O5. The summed E-state index contributed by atoms with van der Waals surface area (Å²) in [6.07, 6.45) is 1.79. The van der Waals surface area contributed by atoms with Gasteiger partial charge in [0, 0.05) is 18.7 Å². The zero-order chi connectivity index (χ0) is 23.4. The monoisotopic (exact) mass is 449 g/mol. The highest BCUT2D eigenvalue weighted by atomic mass is 16.5. The van der Waals surface area contributed by atoms with Gasteiger partial charge in [-0.25, -0.2) is 0 Å². The lowest BCUT2D eigenvalue weighted by Gasteiger charge is -2.27. The van der Waals surface area contributed by atoms with Gasteiger partial charge < -0.3 is 19.1 Å². The topological polar surface area (TPSA) is 80.7 Å². The van der Waals surface area contributed by atoms with Crippen LogP contribution in [0.5, 0.6) is 11.5 Å². The second-order valence-electron chi connectivity index (χ2n) is 7.66. The molecule has 2 aromatic rings. The molecule has 0 aliphatic carbocycles. The van der Waals surface area contributed by atoms with Crippen LogP contribution in [0, 0.1) is 0 Å². The number of nitrogens with zero attached hydrogens (tertiary/aromatic N) is 3. The molecule has 2 aromatic carbocycles. The number of methoxy groups -OCH3 is 1. The molecular weight excluding hydrogens is 422 g/mol. The number of ether oxygens (including phenoxy) is 3. The van der Waals surface area contributed by atoms with Crippen molar-refractivity contribution in [1.82, 2.24) is 4.90 Å². The quantitative estimate of drug-likeness (QED) is 0.632. The minimum absolute atomic E-state index is 0.0395. The second kappa shape index (κ2) is 9.87. The van der Waals surface area contributed by atoms with Crippen LogP contribution in [0.1, 0.15) is 29.8 Å². The Bertz CT molecular complexity index is 1100. The zero-order valence-corrected chi connectivity index (χ0v) is 19.0. The molecule has 0 atom stereocenters. The molecule has 0 radical (unpaired) electrons. The number of hydrazone groups is 1. The molecule has 2 amide bonds. The van der Waals surface area contributed by atoms with Gasteiger partial charge in [-0.2, -0.15) is 10.1 Å². The standard InChI is InChI=1S/C25H27N3O5/c1-4-33-22-10-5-18(16-23(22)31-3)15-21-17(2)26-28(25(21)30)20-8-6-19(7-9-20)24(29)27-11-13-32-14-12-27/h5-10,15-16H,4,11-14H2,1-3H3/b21-15-. The molecule has 4 rings (SSSR count). The van der Waals surface area contributed by atoms with Gasteiger partial charge in [-0.15, -0.1) is 0 Å². The maximum atomic E-state index is 13.1. The number of amides is 2. The Labute approximate surface area is 193 Å². The Morgan fingerprint density at radius 1 is 1.12 bits per heavy atom. The van der Waals surface area contributed by atoms with Gasteiger partial charge in [0.1, 0.15) is 0 Å². The van der Waals surface area contributed by atoms with Crippen LogP contribution in [0.2, 0.25) is 0 Å².